The molecule has 0 aliphatic heterocycles. The SMILES string of the molecule is c1ccc(OCCOCCOCCOCCNCCOCCOCCOCCOc2ccccc2)cc1. The number of hydrogen-bond donors (Lipinski definition) is 1. The Hall–Kier alpha value is -2.24. The third kappa shape index (κ3) is 19.5. The molecule has 0 saturated carbocycles. The van der Waals surface area contributed by atoms with Crippen molar-refractivity contribution in [3.63, 3.8) is 0 Å². The highest BCUT2D eigenvalue weighted by Gasteiger charge is 1.96. The summed E-state index contributed by atoms with van der Waals surface area (Å²) in [5.41, 5.74) is 0. The molecule has 2 rings (SSSR count). The van der Waals surface area contributed by atoms with E-state index in [1.165, 1.54) is 0 Å². The molecule has 0 saturated heterocycles. The standard InChI is InChI=1S/C28H43NO8/c1-3-7-27(8-4-1)36-25-23-34-21-19-32-17-15-30-13-11-29-12-14-31-16-18-33-20-22-35-24-26-37-28-9-5-2-6-10-28/h1-10,29H,11-26H2. The van der Waals surface area contributed by atoms with Crippen molar-refractivity contribution in [1.29, 1.82) is 0 Å². The number of rotatable bonds is 26. The van der Waals surface area contributed by atoms with Gasteiger partial charge in [0.15, 0.2) is 0 Å². The van der Waals surface area contributed by atoms with Gasteiger partial charge in [0.25, 0.3) is 0 Å². The molecule has 37 heavy (non-hydrogen) atoms. The van der Waals surface area contributed by atoms with Crippen molar-refractivity contribution in [3.05, 3.63) is 60.7 Å². The van der Waals surface area contributed by atoms with Crippen molar-refractivity contribution >= 4 is 0 Å². The molecule has 0 aliphatic rings. The summed E-state index contributed by atoms with van der Waals surface area (Å²) in [6.45, 7) is 9.38. The summed E-state index contributed by atoms with van der Waals surface area (Å²) in [6, 6.07) is 19.4. The van der Waals surface area contributed by atoms with Crippen LogP contribution in [0.25, 0.3) is 0 Å². The molecule has 0 atom stereocenters. The topological polar surface area (TPSA) is 85.9 Å². The second-order valence-corrected chi connectivity index (χ2v) is 7.75. The highest BCUT2D eigenvalue weighted by Crippen LogP contribution is 2.08. The molecule has 2 aromatic rings. The minimum Gasteiger partial charge on any atom is -0.491 e. The van der Waals surface area contributed by atoms with Gasteiger partial charge in [0.05, 0.1) is 79.3 Å². The average molecular weight is 522 g/mol. The van der Waals surface area contributed by atoms with Crippen LogP contribution in [0.5, 0.6) is 11.5 Å². The molecule has 2 aromatic carbocycles. The van der Waals surface area contributed by atoms with Gasteiger partial charge in [-0.3, -0.25) is 0 Å². The summed E-state index contributed by atoms with van der Waals surface area (Å²) in [6.07, 6.45) is 0. The molecular formula is C28H43NO8. The number of para-hydroxylation sites is 2. The van der Waals surface area contributed by atoms with Crippen molar-refractivity contribution in [3.8, 4) is 11.5 Å². The largest absolute Gasteiger partial charge is 0.491 e. The summed E-state index contributed by atoms with van der Waals surface area (Å²) in [5.74, 6) is 1.71. The van der Waals surface area contributed by atoms with Crippen LogP contribution >= 0.6 is 0 Å². The maximum atomic E-state index is 5.55. The molecule has 9 nitrogen and oxygen atoms in total. The normalized spacial score (nSPS) is 11.0. The van der Waals surface area contributed by atoms with Crippen LogP contribution in [0.3, 0.4) is 0 Å². The van der Waals surface area contributed by atoms with Gasteiger partial charge < -0.3 is 43.2 Å². The van der Waals surface area contributed by atoms with Gasteiger partial charge in [0.2, 0.25) is 0 Å². The van der Waals surface area contributed by atoms with E-state index >= 15 is 0 Å². The predicted octanol–water partition coefficient (Wildman–Crippen LogP) is 2.83. The van der Waals surface area contributed by atoms with Gasteiger partial charge in [0, 0.05) is 13.1 Å². The average Bonchev–Trinajstić information content (AvgIpc) is 2.94. The first-order valence-corrected chi connectivity index (χ1v) is 13.0. The van der Waals surface area contributed by atoms with Crippen molar-refractivity contribution in [2.75, 3.05) is 106 Å². The lowest BCUT2D eigenvalue weighted by molar-refractivity contribution is 0.00737. The molecule has 9 heteroatoms. The first-order valence-electron chi connectivity index (χ1n) is 13.0. The van der Waals surface area contributed by atoms with Crippen LogP contribution < -0.4 is 14.8 Å². The first kappa shape index (κ1) is 31.0. The van der Waals surface area contributed by atoms with Gasteiger partial charge in [-0.1, -0.05) is 36.4 Å². The zero-order valence-electron chi connectivity index (χ0n) is 21.9. The Balaban J connectivity index is 1.17. The van der Waals surface area contributed by atoms with E-state index in [1.54, 1.807) is 0 Å². The van der Waals surface area contributed by atoms with Crippen LogP contribution in [0.15, 0.2) is 60.7 Å². The predicted molar refractivity (Wildman–Crippen MR) is 142 cm³/mol. The highest BCUT2D eigenvalue weighted by atomic mass is 16.6. The number of nitrogens with one attached hydrogen (secondary N) is 1. The lowest BCUT2D eigenvalue weighted by atomic mass is 10.3. The zero-order valence-corrected chi connectivity index (χ0v) is 21.9. The smallest absolute Gasteiger partial charge is 0.119 e. The zero-order chi connectivity index (χ0) is 25.9. The van der Waals surface area contributed by atoms with E-state index in [-0.39, 0.29) is 0 Å². The maximum absolute atomic E-state index is 5.55. The third-order valence-corrected chi connectivity index (χ3v) is 4.81. The lowest BCUT2D eigenvalue weighted by Gasteiger charge is -2.09. The summed E-state index contributed by atoms with van der Waals surface area (Å²) in [4.78, 5) is 0. The maximum Gasteiger partial charge on any atom is 0.119 e. The van der Waals surface area contributed by atoms with Crippen LogP contribution in [0, 0.1) is 0 Å². The van der Waals surface area contributed by atoms with Gasteiger partial charge in [0.1, 0.15) is 24.7 Å². The molecule has 208 valence electrons. The fourth-order valence-corrected chi connectivity index (χ4v) is 2.97. The molecule has 0 bridgehead atoms. The highest BCUT2D eigenvalue weighted by molar-refractivity contribution is 5.21. The van der Waals surface area contributed by atoms with Gasteiger partial charge in [-0.15, -0.1) is 0 Å². The Bertz CT molecular complexity index is 661. The van der Waals surface area contributed by atoms with E-state index in [9.17, 15) is 0 Å². The summed E-state index contributed by atoms with van der Waals surface area (Å²) < 4.78 is 44.1. The van der Waals surface area contributed by atoms with Crippen molar-refractivity contribution in [2.45, 2.75) is 0 Å². The van der Waals surface area contributed by atoms with E-state index in [0.717, 1.165) is 24.6 Å². The molecular weight excluding hydrogens is 478 g/mol. The van der Waals surface area contributed by atoms with Crippen LogP contribution in [0.2, 0.25) is 0 Å². The Labute approximate surface area is 221 Å². The monoisotopic (exact) mass is 521 g/mol. The molecule has 0 unspecified atom stereocenters. The minimum absolute atomic E-state index is 0.529. The van der Waals surface area contributed by atoms with Crippen molar-refractivity contribution in [1.82, 2.24) is 5.32 Å². The van der Waals surface area contributed by atoms with E-state index in [0.29, 0.717) is 92.5 Å². The third-order valence-electron chi connectivity index (χ3n) is 4.81. The Morgan fingerprint density at radius 2 is 0.649 bits per heavy atom. The number of hydrogen-bond acceptors (Lipinski definition) is 9. The quantitative estimate of drug-likeness (QED) is 0.188. The van der Waals surface area contributed by atoms with E-state index in [1.807, 2.05) is 60.7 Å². The molecule has 0 amide bonds. The van der Waals surface area contributed by atoms with Crippen molar-refractivity contribution < 1.29 is 37.9 Å². The number of benzene rings is 2. The Kier molecular flexibility index (Phi) is 20.2. The van der Waals surface area contributed by atoms with Gasteiger partial charge in [-0.2, -0.15) is 0 Å². The molecule has 0 spiro atoms. The second-order valence-electron chi connectivity index (χ2n) is 7.75. The Morgan fingerprint density at radius 3 is 1.00 bits per heavy atom. The van der Waals surface area contributed by atoms with Gasteiger partial charge in [-0.05, 0) is 24.3 Å². The van der Waals surface area contributed by atoms with Crippen LogP contribution in [0.1, 0.15) is 0 Å². The lowest BCUT2D eigenvalue weighted by Crippen LogP contribution is -2.25. The summed E-state index contributed by atoms with van der Waals surface area (Å²) >= 11 is 0. The molecule has 0 fully saturated rings. The summed E-state index contributed by atoms with van der Waals surface area (Å²) in [7, 11) is 0. The Morgan fingerprint density at radius 1 is 0.351 bits per heavy atom. The fourth-order valence-electron chi connectivity index (χ4n) is 2.97. The first-order chi connectivity index (χ1) is 18.4. The molecule has 1 N–H and O–H groups in total. The van der Waals surface area contributed by atoms with Gasteiger partial charge in [-0.25, -0.2) is 0 Å². The van der Waals surface area contributed by atoms with Crippen LogP contribution in [0.4, 0.5) is 0 Å². The van der Waals surface area contributed by atoms with Gasteiger partial charge >= 0.3 is 0 Å². The van der Waals surface area contributed by atoms with Crippen molar-refractivity contribution in [2.24, 2.45) is 0 Å². The fraction of sp³-hybridized carbons (Fsp3) is 0.571. The molecule has 0 heterocycles. The van der Waals surface area contributed by atoms with E-state index in [4.69, 9.17) is 37.9 Å². The number of ether oxygens (including phenoxy) is 8. The van der Waals surface area contributed by atoms with Crippen LogP contribution in [-0.2, 0) is 28.4 Å². The molecule has 0 aromatic heterocycles. The van der Waals surface area contributed by atoms with E-state index in [2.05, 4.69) is 5.32 Å². The second kappa shape index (κ2) is 24.1. The van der Waals surface area contributed by atoms with E-state index < -0.39 is 0 Å². The minimum atomic E-state index is 0.529. The molecule has 0 radical (unpaired) electrons. The van der Waals surface area contributed by atoms with Crippen LogP contribution in [-0.4, -0.2) is 106 Å². The summed E-state index contributed by atoms with van der Waals surface area (Å²) in [5, 5.41) is 3.28. The molecule has 0 aliphatic carbocycles.